The Morgan fingerprint density at radius 3 is 2.69 bits per heavy atom. The normalized spacial score (nSPS) is 11.6. The van der Waals surface area contributed by atoms with Gasteiger partial charge >= 0.3 is 0 Å². The average Bonchev–Trinajstić information content (AvgIpc) is 2.22. The molecule has 0 aliphatic carbocycles. The van der Waals surface area contributed by atoms with Gasteiger partial charge < -0.3 is 10.8 Å². The molecule has 0 bridgehead atoms. The fourth-order valence-electron chi connectivity index (χ4n) is 1.06. The summed E-state index contributed by atoms with van der Waals surface area (Å²) in [5.41, 5.74) is 5.72. The third kappa shape index (κ3) is 3.34. The maximum Gasteiger partial charge on any atom is 0.240 e. The van der Waals surface area contributed by atoms with Gasteiger partial charge in [-0.2, -0.15) is 0 Å². The lowest BCUT2D eigenvalue weighted by molar-refractivity contribution is 0.289. The van der Waals surface area contributed by atoms with Crippen LogP contribution in [0.4, 0.5) is 5.69 Å². The standard InChI is InChI=1S/C9H13ClN2O3S/c10-8-3-2-7(6-9(8)11)16(14,15)12-4-1-5-13/h2-3,6,12-13H,1,4-5,11H2. The molecular weight excluding hydrogens is 252 g/mol. The molecular formula is C9H13ClN2O3S. The Labute approximate surface area is 99.3 Å². The summed E-state index contributed by atoms with van der Waals surface area (Å²) >= 11 is 5.68. The van der Waals surface area contributed by atoms with Gasteiger partial charge in [0.05, 0.1) is 15.6 Å². The number of nitrogens with two attached hydrogens (primary N) is 1. The van der Waals surface area contributed by atoms with Crippen molar-refractivity contribution in [2.75, 3.05) is 18.9 Å². The van der Waals surface area contributed by atoms with Crippen LogP contribution in [0.5, 0.6) is 0 Å². The number of anilines is 1. The van der Waals surface area contributed by atoms with E-state index in [0.29, 0.717) is 11.4 Å². The van der Waals surface area contributed by atoms with Gasteiger partial charge in [-0.1, -0.05) is 11.6 Å². The number of hydrogen-bond acceptors (Lipinski definition) is 4. The molecule has 0 aromatic heterocycles. The van der Waals surface area contributed by atoms with E-state index in [-0.39, 0.29) is 23.7 Å². The van der Waals surface area contributed by atoms with Crippen molar-refractivity contribution in [3.63, 3.8) is 0 Å². The first-order valence-corrected chi connectivity index (χ1v) is 6.49. The SMILES string of the molecule is Nc1cc(S(=O)(=O)NCCCO)ccc1Cl. The molecule has 0 unspecified atom stereocenters. The number of benzene rings is 1. The van der Waals surface area contributed by atoms with E-state index < -0.39 is 10.0 Å². The lowest BCUT2D eigenvalue weighted by Crippen LogP contribution is -2.25. The molecule has 4 N–H and O–H groups in total. The molecule has 5 nitrogen and oxygen atoms in total. The van der Waals surface area contributed by atoms with Gasteiger partial charge in [-0.25, -0.2) is 13.1 Å². The van der Waals surface area contributed by atoms with Crippen LogP contribution >= 0.6 is 11.6 Å². The van der Waals surface area contributed by atoms with E-state index >= 15 is 0 Å². The molecule has 0 spiro atoms. The minimum Gasteiger partial charge on any atom is -0.397 e. The van der Waals surface area contributed by atoms with E-state index in [1.54, 1.807) is 0 Å². The largest absolute Gasteiger partial charge is 0.397 e. The van der Waals surface area contributed by atoms with Crippen molar-refractivity contribution < 1.29 is 13.5 Å². The van der Waals surface area contributed by atoms with Crippen LogP contribution in [0.15, 0.2) is 23.1 Å². The summed E-state index contributed by atoms with van der Waals surface area (Å²) in [6.07, 6.45) is 0.363. The Kier molecular flexibility index (Phi) is 4.55. The molecule has 0 aliphatic heterocycles. The van der Waals surface area contributed by atoms with Gasteiger partial charge in [-0.3, -0.25) is 0 Å². The van der Waals surface area contributed by atoms with Crippen molar-refractivity contribution >= 4 is 27.3 Å². The number of aliphatic hydroxyl groups is 1. The molecule has 0 radical (unpaired) electrons. The number of hydrogen-bond donors (Lipinski definition) is 3. The topological polar surface area (TPSA) is 92.4 Å². The van der Waals surface area contributed by atoms with Crippen LogP contribution in [-0.2, 0) is 10.0 Å². The van der Waals surface area contributed by atoms with Gasteiger partial charge in [0.15, 0.2) is 0 Å². The molecule has 0 amide bonds. The Hall–Kier alpha value is -0.820. The van der Waals surface area contributed by atoms with Crippen molar-refractivity contribution in [3.05, 3.63) is 23.2 Å². The molecule has 0 atom stereocenters. The Balaban J connectivity index is 2.86. The zero-order valence-corrected chi connectivity index (χ0v) is 10.1. The van der Waals surface area contributed by atoms with E-state index in [9.17, 15) is 8.42 Å². The second-order valence-corrected chi connectivity index (χ2v) is 5.33. The summed E-state index contributed by atoms with van der Waals surface area (Å²) in [5.74, 6) is 0. The summed E-state index contributed by atoms with van der Waals surface area (Å²) in [5, 5.41) is 8.86. The Morgan fingerprint density at radius 2 is 2.12 bits per heavy atom. The molecule has 0 fully saturated rings. The van der Waals surface area contributed by atoms with Crippen molar-refractivity contribution in [1.82, 2.24) is 4.72 Å². The number of sulfonamides is 1. The third-order valence-electron chi connectivity index (χ3n) is 1.90. The maximum absolute atomic E-state index is 11.7. The molecule has 1 aromatic carbocycles. The Bertz CT molecular complexity index is 462. The molecule has 0 saturated heterocycles. The molecule has 0 saturated carbocycles. The van der Waals surface area contributed by atoms with Gasteiger partial charge in [-0.15, -0.1) is 0 Å². The average molecular weight is 265 g/mol. The second kappa shape index (κ2) is 5.49. The van der Waals surface area contributed by atoms with Crippen LogP contribution in [0.1, 0.15) is 6.42 Å². The van der Waals surface area contributed by atoms with Crippen molar-refractivity contribution in [2.24, 2.45) is 0 Å². The van der Waals surface area contributed by atoms with Gasteiger partial charge in [0.1, 0.15) is 0 Å². The summed E-state index contributed by atoms with van der Waals surface area (Å²) in [6, 6.07) is 4.10. The molecule has 7 heteroatoms. The van der Waals surface area contributed by atoms with Crippen LogP contribution in [0.2, 0.25) is 5.02 Å². The molecule has 1 rings (SSSR count). The lowest BCUT2D eigenvalue weighted by atomic mass is 10.3. The first-order chi connectivity index (χ1) is 7.47. The third-order valence-corrected chi connectivity index (χ3v) is 3.71. The fourth-order valence-corrected chi connectivity index (χ4v) is 2.28. The van der Waals surface area contributed by atoms with Crippen LogP contribution < -0.4 is 10.5 Å². The summed E-state index contributed by atoms with van der Waals surface area (Å²) in [7, 11) is -3.57. The van der Waals surface area contributed by atoms with Gasteiger partial charge in [0.25, 0.3) is 0 Å². The van der Waals surface area contributed by atoms with E-state index in [2.05, 4.69) is 4.72 Å². The smallest absolute Gasteiger partial charge is 0.240 e. The highest BCUT2D eigenvalue weighted by molar-refractivity contribution is 7.89. The minimum absolute atomic E-state index is 0.0624. The monoisotopic (exact) mass is 264 g/mol. The summed E-state index contributed by atoms with van der Waals surface area (Å²) < 4.78 is 25.7. The fraction of sp³-hybridized carbons (Fsp3) is 0.333. The van der Waals surface area contributed by atoms with Crippen LogP contribution in [0, 0.1) is 0 Å². The van der Waals surface area contributed by atoms with Crippen LogP contribution in [0.3, 0.4) is 0 Å². The molecule has 0 heterocycles. The van der Waals surface area contributed by atoms with Gasteiger partial charge in [0, 0.05) is 13.2 Å². The molecule has 1 aromatic rings. The summed E-state index contributed by atoms with van der Waals surface area (Å²) in [6.45, 7) is 0.118. The van der Waals surface area contributed by atoms with E-state index in [0.717, 1.165) is 0 Å². The predicted molar refractivity (Wildman–Crippen MR) is 62.8 cm³/mol. The molecule has 90 valence electrons. The second-order valence-electron chi connectivity index (χ2n) is 3.16. The number of rotatable bonds is 5. The summed E-state index contributed by atoms with van der Waals surface area (Å²) in [4.78, 5) is 0.0624. The highest BCUT2D eigenvalue weighted by Crippen LogP contribution is 2.21. The van der Waals surface area contributed by atoms with Crippen LogP contribution in [-0.4, -0.2) is 26.7 Å². The first-order valence-electron chi connectivity index (χ1n) is 4.63. The Morgan fingerprint density at radius 1 is 1.44 bits per heavy atom. The lowest BCUT2D eigenvalue weighted by Gasteiger charge is -2.07. The highest BCUT2D eigenvalue weighted by Gasteiger charge is 2.14. The predicted octanol–water partition coefficient (Wildman–Crippen LogP) is 0.583. The maximum atomic E-state index is 11.7. The number of nitrogen functional groups attached to an aromatic ring is 1. The molecule has 16 heavy (non-hydrogen) atoms. The van der Waals surface area contributed by atoms with Gasteiger partial charge in [-0.05, 0) is 24.6 Å². The van der Waals surface area contributed by atoms with Crippen molar-refractivity contribution in [3.8, 4) is 0 Å². The van der Waals surface area contributed by atoms with E-state index in [1.807, 2.05) is 0 Å². The minimum atomic E-state index is -3.57. The van der Waals surface area contributed by atoms with Crippen molar-refractivity contribution in [1.29, 1.82) is 0 Å². The number of aliphatic hydroxyl groups excluding tert-OH is 1. The first kappa shape index (κ1) is 13.2. The van der Waals surface area contributed by atoms with Gasteiger partial charge in [0.2, 0.25) is 10.0 Å². The number of nitrogens with one attached hydrogen (secondary N) is 1. The van der Waals surface area contributed by atoms with E-state index in [4.69, 9.17) is 22.4 Å². The van der Waals surface area contributed by atoms with Crippen molar-refractivity contribution in [2.45, 2.75) is 11.3 Å². The zero-order valence-electron chi connectivity index (χ0n) is 8.48. The molecule has 0 aliphatic rings. The zero-order chi connectivity index (χ0) is 12.2. The quantitative estimate of drug-likeness (QED) is 0.536. The van der Waals surface area contributed by atoms with E-state index in [1.165, 1.54) is 18.2 Å². The van der Waals surface area contributed by atoms with Crippen LogP contribution in [0.25, 0.3) is 0 Å². The number of halogens is 1. The highest BCUT2D eigenvalue weighted by atomic mass is 35.5.